The monoisotopic (exact) mass is 308 g/mol. The van der Waals surface area contributed by atoms with Crippen LogP contribution < -0.4 is 10.1 Å². The number of ether oxygens (including phenoxy) is 1. The minimum atomic E-state index is 0. The number of hydrogen-bond acceptors (Lipinski definition) is 3. The fourth-order valence-corrected chi connectivity index (χ4v) is 3.27. The highest BCUT2D eigenvalue weighted by Gasteiger charge is 2.21. The maximum absolute atomic E-state index is 6.19. The molecule has 1 saturated carbocycles. The van der Waals surface area contributed by atoms with E-state index < -0.39 is 0 Å². The van der Waals surface area contributed by atoms with Crippen LogP contribution in [0.25, 0.3) is 0 Å². The largest absolute Gasteiger partial charge is 0.483 e. The van der Waals surface area contributed by atoms with E-state index in [9.17, 15) is 0 Å². The SMILES string of the molecule is CC(Oc1ccccc1C1CCCCC1)C1=NCCN1.Cl. The van der Waals surface area contributed by atoms with Gasteiger partial charge in [0.1, 0.15) is 11.6 Å². The quantitative estimate of drug-likeness (QED) is 0.914. The lowest BCUT2D eigenvalue weighted by atomic mass is 9.84. The Labute approximate surface area is 133 Å². The fraction of sp³-hybridized carbons (Fsp3) is 0.588. The van der Waals surface area contributed by atoms with E-state index in [1.54, 1.807) is 0 Å². The molecule has 1 atom stereocenters. The maximum Gasteiger partial charge on any atom is 0.152 e. The molecule has 1 aromatic rings. The summed E-state index contributed by atoms with van der Waals surface area (Å²) in [5, 5.41) is 3.30. The predicted molar refractivity (Wildman–Crippen MR) is 89.9 cm³/mol. The highest BCUT2D eigenvalue weighted by molar-refractivity contribution is 5.87. The number of rotatable bonds is 4. The third-order valence-corrected chi connectivity index (χ3v) is 4.35. The van der Waals surface area contributed by atoms with Crippen LogP contribution in [0, 0.1) is 0 Å². The number of aliphatic imine (C=N–C) groups is 1. The molecule has 0 bridgehead atoms. The molecule has 116 valence electrons. The van der Waals surface area contributed by atoms with Gasteiger partial charge in [-0.05, 0) is 37.3 Å². The predicted octanol–water partition coefficient (Wildman–Crippen LogP) is 3.93. The number of amidine groups is 1. The highest BCUT2D eigenvalue weighted by Crippen LogP contribution is 2.37. The Morgan fingerprint density at radius 1 is 1.19 bits per heavy atom. The molecule has 0 radical (unpaired) electrons. The van der Waals surface area contributed by atoms with Crippen LogP contribution in [-0.4, -0.2) is 25.0 Å². The van der Waals surface area contributed by atoms with Gasteiger partial charge in [0.25, 0.3) is 0 Å². The molecule has 4 heteroatoms. The molecule has 0 aromatic heterocycles. The number of benzene rings is 1. The van der Waals surface area contributed by atoms with Gasteiger partial charge in [0.15, 0.2) is 6.10 Å². The number of nitrogens with zero attached hydrogens (tertiary/aromatic N) is 1. The summed E-state index contributed by atoms with van der Waals surface area (Å²) in [5.41, 5.74) is 1.39. The molecule has 1 aliphatic heterocycles. The molecular formula is C17H25ClN2O. The minimum Gasteiger partial charge on any atom is -0.483 e. The lowest BCUT2D eigenvalue weighted by Crippen LogP contribution is -2.33. The van der Waals surface area contributed by atoms with Crippen LogP contribution in [0.1, 0.15) is 50.5 Å². The van der Waals surface area contributed by atoms with Gasteiger partial charge in [0.05, 0.1) is 6.54 Å². The summed E-state index contributed by atoms with van der Waals surface area (Å²) in [6, 6.07) is 8.54. The van der Waals surface area contributed by atoms with E-state index in [2.05, 4.69) is 41.5 Å². The molecule has 1 aliphatic carbocycles. The average Bonchev–Trinajstić information content (AvgIpc) is 3.03. The second-order valence-electron chi connectivity index (χ2n) is 5.83. The molecule has 1 heterocycles. The van der Waals surface area contributed by atoms with Gasteiger partial charge in [0, 0.05) is 6.54 Å². The number of hydrogen-bond donors (Lipinski definition) is 1. The second kappa shape index (κ2) is 7.69. The summed E-state index contributed by atoms with van der Waals surface area (Å²) in [6.07, 6.45) is 6.70. The third kappa shape index (κ3) is 3.91. The smallest absolute Gasteiger partial charge is 0.152 e. The first-order chi connectivity index (χ1) is 9.84. The van der Waals surface area contributed by atoms with E-state index in [-0.39, 0.29) is 18.5 Å². The molecule has 21 heavy (non-hydrogen) atoms. The van der Waals surface area contributed by atoms with Crippen molar-refractivity contribution in [3.05, 3.63) is 29.8 Å². The van der Waals surface area contributed by atoms with Crippen molar-refractivity contribution in [1.29, 1.82) is 0 Å². The third-order valence-electron chi connectivity index (χ3n) is 4.35. The van der Waals surface area contributed by atoms with Crippen molar-refractivity contribution in [2.24, 2.45) is 4.99 Å². The van der Waals surface area contributed by atoms with Crippen LogP contribution in [-0.2, 0) is 0 Å². The van der Waals surface area contributed by atoms with Gasteiger partial charge >= 0.3 is 0 Å². The first-order valence-electron chi connectivity index (χ1n) is 7.88. The molecule has 3 rings (SSSR count). The topological polar surface area (TPSA) is 33.6 Å². The number of nitrogens with one attached hydrogen (secondary N) is 1. The van der Waals surface area contributed by atoms with E-state index in [1.807, 2.05) is 0 Å². The summed E-state index contributed by atoms with van der Waals surface area (Å²) in [7, 11) is 0. The van der Waals surface area contributed by atoms with Crippen molar-refractivity contribution in [3.63, 3.8) is 0 Å². The molecule has 0 spiro atoms. The molecule has 0 amide bonds. The maximum atomic E-state index is 6.19. The molecule has 0 saturated heterocycles. The van der Waals surface area contributed by atoms with Gasteiger partial charge in [-0.2, -0.15) is 0 Å². The molecule has 1 aromatic carbocycles. The Kier molecular flexibility index (Phi) is 5.92. The van der Waals surface area contributed by atoms with E-state index in [0.29, 0.717) is 5.92 Å². The summed E-state index contributed by atoms with van der Waals surface area (Å²) in [5.74, 6) is 2.71. The summed E-state index contributed by atoms with van der Waals surface area (Å²) < 4.78 is 6.19. The summed E-state index contributed by atoms with van der Waals surface area (Å²) >= 11 is 0. The molecule has 1 N–H and O–H groups in total. The first-order valence-corrected chi connectivity index (χ1v) is 7.88. The Morgan fingerprint density at radius 3 is 2.67 bits per heavy atom. The first kappa shape index (κ1) is 16.2. The molecular weight excluding hydrogens is 284 g/mol. The van der Waals surface area contributed by atoms with Crippen LogP contribution in [0.15, 0.2) is 29.3 Å². The summed E-state index contributed by atoms with van der Waals surface area (Å²) in [4.78, 5) is 4.45. The standard InChI is InChI=1S/C17H24N2O.ClH/c1-13(17-18-11-12-19-17)20-16-10-6-5-9-15(16)14-7-3-2-4-8-14;/h5-6,9-10,13-14H,2-4,7-8,11-12H2,1H3,(H,18,19);1H. The van der Waals surface area contributed by atoms with Crippen LogP contribution in [0.5, 0.6) is 5.75 Å². The van der Waals surface area contributed by atoms with Gasteiger partial charge in [0.2, 0.25) is 0 Å². The van der Waals surface area contributed by atoms with Crippen molar-refractivity contribution in [3.8, 4) is 5.75 Å². The zero-order valence-corrected chi connectivity index (χ0v) is 13.5. The van der Waals surface area contributed by atoms with Gasteiger partial charge in [-0.25, -0.2) is 0 Å². The van der Waals surface area contributed by atoms with Crippen LogP contribution in [0.3, 0.4) is 0 Å². The minimum absolute atomic E-state index is 0. The Hall–Kier alpha value is -1.22. The summed E-state index contributed by atoms with van der Waals surface area (Å²) in [6.45, 7) is 3.88. The molecule has 2 aliphatic rings. The van der Waals surface area contributed by atoms with Gasteiger partial charge in [-0.1, -0.05) is 37.5 Å². The van der Waals surface area contributed by atoms with Gasteiger partial charge in [-0.3, -0.25) is 4.99 Å². The Balaban J connectivity index is 0.00000161. The van der Waals surface area contributed by atoms with Crippen LogP contribution in [0.2, 0.25) is 0 Å². The average molecular weight is 309 g/mol. The van der Waals surface area contributed by atoms with Crippen molar-refractivity contribution in [1.82, 2.24) is 5.32 Å². The molecule has 1 unspecified atom stereocenters. The molecule has 1 fully saturated rings. The van der Waals surface area contributed by atoms with E-state index in [1.165, 1.54) is 37.7 Å². The zero-order chi connectivity index (χ0) is 13.8. The molecule has 3 nitrogen and oxygen atoms in total. The Morgan fingerprint density at radius 2 is 1.95 bits per heavy atom. The normalized spacial score (nSPS) is 20.1. The van der Waals surface area contributed by atoms with E-state index in [0.717, 1.165) is 24.7 Å². The van der Waals surface area contributed by atoms with E-state index >= 15 is 0 Å². The van der Waals surface area contributed by atoms with Crippen molar-refractivity contribution in [2.75, 3.05) is 13.1 Å². The van der Waals surface area contributed by atoms with Crippen LogP contribution in [0.4, 0.5) is 0 Å². The van der Waals surface area contributed by atoms with Gasteiger partial charge < -0.3 is 10.1 Å². The van der Waals surface area contributed by atoms with Gasteiger partial charge in [-0.15, -0.1) is 12.4 Å². The number of para-hydroxylation sites is 1. The zero-order valence-electron chi connectivity index (χ0n) is 12.7. The van der Waals surface area contributed by atoms with E-state index in [4.69, 9.17) is 4.74 Å². The van der Waals surface area contributed by atoms with Crippen molar-refractivity contribution < 1.29 is 4.74 Å². The Bertz CT molecular complexity index is 483. The fourth-order valence-electron chi connectivity index (χ4n) is 3.27. The lowest BCUT2D eigenvalue weighted by Gasteiger charge is -2.25. The lowest BCUT2D eigenvalue weighted by molar-refractivity contribution is 0.276. The van der Waals surface area contributed by atoms with Crippen LogP contribution >= 0.6 is 12.4 Å². The second-order valence-corrected chi connectivity index (χ2v) is 5.83. The van der Waals surface area contributed by atoms with Crippen molar-refractivity contribution >= 4 is 18.2 Å². The van der Waals surface area contributed by atoms with Crippen molar-refractivity contribution in [2.45, 2.75) is 51.0 Å². The highest BCUT2D eigenvalue weighted by atomic mass is 35.5. The number of halogens is 1.